The molecule has 0 fully saturated rings. The normalized spacial score (nSPS) is 12.2. The van der Waals surface area contributed by atoms with Crippen LogP contribution in [0.5, 0.6) is 0 Å². The Labute approximate surface area is 113 Å². The van der Waals surface area contributed by atoms with E-state index < -0.39 is 44.7 Å². The number of nitrogens with zero attached hydrogens (tertiary/aromatic N) is 1. The van der Waals surface area contributed by atoms with Crippen molar-refractivity contribution in [2.75, 3.05) is 24.7 Å². The zero-order valence-electron chi connectivity index (χ0n) is 10.6. The van der Waals surface area contributed by atoms with Crippen LogP contribution in [0.2, 0.25) is 0 Å². The Balaban J connectivity index is 3.43. The van der Waals surface area contributed by atoms with Crippen molar-refractivity contribution in [3.05, 3.63) is 23.8 Å². The lowest BCUT2D eigenvalue weighted by Crippen LogP contribution is -2.27. The Morgan fingerprint density at radius 1 is 1.35 bits per heavy atom. The van der Waals surface area contributed by atoms with Gasteiger partial charge in [-0.15, -0.1) is 0 Å². The zero-order valence-corrected chi connectivity index (χ0v) is 11.4. The summed E-state index contributed by atoms with van der Waals surface area (Å²) in [6, 6.07) is 2.46. The van der Waals surface area contributed by atoms with Crippen molar-refractivity contribution in [2.24, 2.45) is 0 Å². The molecule has 0 atom stereocenters. The molecule has 0 saturated carbocycles. The fourth-order valence-corrected chi connectivity index (χ4v) is 2.24. The van der Waals surface area contributed by atoms with E-state index >= 15 is 0 Å². The Hall–Kier alpha value is -1.77. The number of sulfone groups is 1. The van der Waals surface area contributed by atoms with Crippen molar-refractivity contribution in [3.8, 4) is 0 Å². The van der Waals surface area contributed by atoms with Gasteiger partial charge in [0, 0.05) is 19.0 Å². The Morgan fingerprint density at radius 2 is 1.90 bits per heavy atom. The number of carboxylic acids is 1. The van der Waals surface area contributed by atoms with Gasteiger partial charge in [0.1, 0.15) is 6.54 Å². The first-order valence-corrected chi connectivity index (χ1v) is 7.16. The largest absolute Gasteiger partial charge is 0.480 e. The second kappa shape index (κ2) is 5.31. The summed E-state index contributed by atoms with van der Waals surface area (Å²) in [4.78, 5) is 11.0. The van der Waals surface area contributed by atoms with Gasteiger partial charge in [0.05, 0.1) is 10.5 Å². The summed E-state index contributed by atoms with van der Waals surface area (Å²) in [7, 11) is -2.61. The third-order valence-electron chi connectivity index (χ3n) is 2.49. The summed E-state index contributed by atoms with van der Waals surface area (Å²) in [5.74, 6) is -1.30. The van der Waals surface area contributed by atoms with Crippen LogP contribution < -0.4 is 4.90 Å². The second-order valence-corrected chi connectivity index (χ2v) is 6.21. The van der Waals surface area contributed by atoms with Gasteiger partial charge in [0.25, 0.3) is 0 Å². The number of carbonyl (C=O) groups is 1. The molecule has 0 heterocycles. The van der Waals surface area contributed by atoms with Crippen LogP contribution in [0.4, 0.5) is 18.9 Å². The number of hydrogen-bond acceptors (Lipinski definition) is 4. The molecule has 0 saturated heterocycles. The van der Waals surface area contributed by atoms with Gasteiger partial charge in [-0.1, -0.05) is 0 Å². The van der Waals surface area contributed by atoms with Crippen molar-refractivity contribution in [2.45, 2.75) is 11.1 Å². The fraction of sp³-hybridized carbons (Fsp3) is 0.364. The van der Waals surface area contributed by atoms with Gasteiger partial charge in [0.15, 0.2) is 9.84 Å². The highest BCUT2D eigenvalue weighted by Crippen LogP contribution is 2.37. The number of benzene rings is 1. The van der Waals surface area contributed by atoms with Gasteiger partial charge in [-0.2, -0.15) is 13.2 Å². The third kappa shape index (κ3) is 3.86. The summed E-state index contributed by atoms with van der Waals surface area (Å²) >= 11 is 0. The molecule has 0 amide bonds. The smallest absolute Gasteiger partial charge is 0.418 e. The van der Waals surface area contributed by atoms with Gasteiger partial charge in [-0.3, -0.25) is 4.79 Å². The van der Waals surface area contributed by atoms with Crippen LogP contribution >= 0.6 is 0 Å². The van der Waals surface area contributed by atoms with E-state index in [0.717, 1.165) is 23.3 Å². The first kappa shape index (κ1) is 16.3. The Morgan fingerprint density at radius 3 is 2.30 bits per heavy atom. The SMILES string of the molecule is CN(CC(=O)O)c1ccc(S(C)(=O)=O)cc1C(F)(F)F. The van der Waals surface area contributed by atoms with E-state index in [-0.39, 0.29) is 0 Å². The Kier molecular flexibility index (Phi) is 4.33. The van der Waals surface area contributed by atoms with Crippen molar-refractivity contribution >= 4 is 21.5 Å². The van der Waals surface area contributed by atoms with Gasteiger partial charge in [-0.25, -0.2) is 8.42 Å². The monoisotopic (exact) mass is 311 g/mol. The lowest BCUT2D eigenvalue weighted by molar-refractivity contribution is -0.138. The van der Waals surface area contributed by atoms with Crippen LogP contribution in [0, 0.1) is 0 Å². The lowest BCUT2D eigenvalue weighted by Gasteiger charge is -2.22. The summed E-state index contributed by atoms with van der Waals surface area (Å²) in [5.41, 5.74) is -1.59. The molecular weight excluding hydrogens is 299 g/mol. The number of halogens is 3. The van der Waals surface area contributed by atoms with Gasteiger partial charge < -0.3 is 10.0 Å². The molecule has 20 heavy (non-hydrogen) atoms. The van der Waals surface area contributed by atoms with E-state index in [4.69, 9.17) is 5.11 Å². The number of aliphatic carboxylic acids is 1. The highest BCUT2D eigenvalue weighted by atomic mass is 32.2. The molecule has 112 valence electrons. The van der Waals surface area contributed by atoms with Crippen LogP contribution in [-0.4, -0.2) is 39.3 Å². The molecule has 0 unspecified atom stereocenters. The molecule has 0 aliphatic rings. The maximum Gasteiger partial charge on any atom is 0.418 e. The minimum absolute atomic E-state index is 0.396. The van der Waals surface area contributed by atoms with Crippen LogP contribution in [0.3, 0.4) is 0 Å². The molecule has 0 bridgehead atoms. The molecule has 0 aliphatic heterocycles. The molecule has 5 nitrogen and oxygen atoms in total. The maximum absolute atomic E-state index is 12.9. The van der Waals surface area contributed by atoms with E-state index in [0.29, 0.717) is 6.07 Å². The molecular formula is C11H12F3NO4S. The standard InChI is InChI=1S/C11H12F3NO4S/c1-15(6-10(16)17)9-4-3-7(20(2,18)19)5-8(9)11(12,13)14/h3-5H,6H2,1-2H3,(H,16,17). The molecule has 1 rings (SSSR count). The quantitative estimate of drug-likeness (QED) is 0.915. The number of anilines is 1. The van der Waals surface area contributed by atoms with Gasteiger partial charge >= 0.3 is 12.1 Å². The summed E-state index contributed by atoms with van der Waals surface area (Å²) < 4.78 is 61.4. The highest BCUT2D eigenvalue weighted by molar-refractivity contribution is 7.90. The first-order chi connectivity index (χ1) is 8.93. The molecule has 0 aromatic heterocycles. The van der Waals surface area contributed by atoms with Crippen LogP contribution in [-0.2, 0) is 20.8 Å². The zero-order chi connectivity index (χ0) is 15.7. The number of likely N-dealkylation sites (N-methyl/N-ethyl adjacent to an activating group) is 1. The maximum atomic E-state index is 12.9. The number of alkyl halides is 3. The number of carboxylic acid groups (broad SMARTS) is 1. The van der Waals surface area contributed by atoms with Crippen LogP contribution in [0.1, 0.15) is 5.56 Å². The van der Waals surface area contributed by atoms with Crippen molar-refractivity contribution in [1.82, 2.24) is 0 Å². The van der Waals surface area contributed by atoms with Crippen LogP contribution in [0.15, 0.2) is 23.1 Å². The van der Waals surface area contributed by atoms with E-state index in [1.54, 1.807) is 0 Å². The summed E-state index contributed by atoms with van der Waals surface area (Å²) in [6.07, 6.45) is -3.99. The molecule has 1 aromatic carbocycles. The summed E-state index contributed by atoms with van der Waals surface area (Å²) in [6.45, 7) is -0.638. The summed E-state index contributed by atoms with van der Waals surface area (Å²) in [5, 5.41) is 8.60. The third-order valence-corrected chi connectivity index (χ3v) is 3.60. The van der Waals surface area contributed by atoms with Gasteiger partial charge in [-0.05, 0) is 18.2 Å². The highest BCUT2D eigenvalue weighted by Gasteiger charge is 2.35. The minimum atomic E-state index is -4.79. The van der Waals surface area contributed by atoms with E-state index in [2.05, 4.69) is 0 Å². The number of rotatable bonds is 4. The van der Waals surface area contributed by atoms with E-state index in [1.165, 1.54) is 7.05 Å². The van der Waals surface area contributed by atoms with Gasteiger partial charge in [0.2, 0.25) is 0 Å². The topological polar surface area (TPSA) is 74.7 Å². The minimum Gasteiger partial charge on any atom is -0.480 e. The molecule has 0 aliphatic carbocycles. The Bertz CT molecular complexity index is 625. The van der Waals surface area contributed by atoms with Crippen molar-refractivity contribution < 1.29 is 31.5 Å². The lowest BCUT2D eigenvalue weighted by atomic mass is 10.1. The fourth-order valence-electron chi connectivity index (χ4n) is 1.59. The molecule has 9 heteroatoms. The first-order valence-electron chi connectivity index (χ1n) is 5.27. The van der Waals surface area contributed by atoms with E-state index in [9.17, 15) is 26.4 Å². The number of hydrogen-bond donors (Lipinski definition) is 1. The second-order valence-electron chi connectivity index (χ2n) is 4.20. The van der Waals surface area contributed by atoms with Crippen LogP contribution in [0.25, 0.3) is 0 Å². The average molecular weight is 311 g/mol. The van der Waals surface area contributed by atoms with Crippen molar-refractivity contribution in [1.29, 1.82) is 0 Å². The average Bonchev–Trinajstić information content (AvgIpc) is 2.24. The van der Waals surface area contributed by atoms with E-state index in [1.807, 2.05) is 0 Å². The molecule has 1 N–H and O–H groups in total. The predicted molar refractivity (Wildman–Crippen MR) is 65.5 cm³/mol. The molecule has 0 radical (unpaired) electrons. The molecule has 0 spiro atoms. The molecule has 1 aromatic rings. The predicted octanol–water partition coefficient (Wildman–Crippen LogP) is 1.63. The van der Waals surface area contributed by atoms with Crippen molar-refractivity contribution in [3.63, 3.8) is 0 Å².